The predicted molar refractivity (Wildman–Crippen MR) is 96.8 cm³/mol. The summed E-state index contributed by atoms with van der Waals surface area (Å²) < 4.78 is 26.5. The lowest BCUT2D eigenvalue weighted by Gasteiger charge is -2.12. The van der Waals surface area contributed by atoms with Gasteiger partial charge in [0, 0.05) is 20.1 Å². The van der Waals surface area contributed by atoms with Crippen molar-refractivity contribution in [1.29, 1.82) is 0 Å². The average Bonchev–Trinajstić information content (AvgIpc) is 3.29. The zero-order valence-corrected chi connectivity index (χ0v) is 15.2. The highest BCUT2D eigenvalue weighted by molar-refractivity contribution is 14.0. The number of halogens is 3. The molecule has 0 aliphatic heterocycles. The highest BCUT2D eigenvalue weighted by atomic mass is 127. The first-order valence-corrected chi connectivity index (χ1v) is 7.57. The summed E-state index contributed by atoms with van der Waals surface area (Å²) >= 11 is 0. The van der Waals surface area contributed by atoms with Gasteiger partial charge in [0.25, 0.3) is 0 Å². The monoisotopic (exact) mass is 423 g/mol. The summed E-state index contributed by atoms with van der Waals surface area (Å²) in [7, 11) is 1.71. The SMILES string of the molecule is CN=C(NCCCC1CC1)NCCc1cc(F)ccc1F.I. The van der Waals surface area contributed by atoms with Crippen molar-refractivity contribution in [2.75, 3.05) is 20.1 Å². The average molecular weight is 423 g/mol. The molecule has 0 saturated heterocycles. The molecule has 2 N–H and O–H groups in total. The molecule has 2 rings (SSSR count). The van der Waals surface area contributed by atoms with E-state index in [1.165, 1.54) is 25.3 Å². The molecule has 0 atom stereocenters. The molecule has 0 heterocycles. The zero-order chi connectivity index (χ0) is 15.1. The van der Waals surface area contributed by atoms with Gasteiger partial charge in [-0.1, -0.05) is 12.8 Å². The number of aliphatic imine (C=N–C) groups is 1. The fourth-order valence-electron chi connectivity index (χ4n) is 2.28. The first-order chi connectivity index (χ1) is 10.2. The molecule has 1 aromatic carbocycles. The van der Waals surface area contributed by atoms with E-state index in [2.05, 4.69) is 15.6 Å². The van der Waals surface area contributed by atoms with Gasteiger partial charge in [-0.2, -0.15) is 0 Å². The van der Waals surface area contributed by atoms with E-state index in [1.54, 1.807) is 7.05 Å². The molecule has 3 nitrogen and oxygen atoms in total. The van der Waals surface area contributed by atoms with Crippen molar-refractivity contribution >= 4 is 29.9 Å². The molecule has 6 heteroatoms. The number of rotatable bonds is 7. The van der Waals surface area contributed by atoms with Gasteiger partial charge < -0.3 is 10.6 Å². The molecule has 0 bridgehead atoms. The zero-order valence-electron chi connectivity index (χ0n) is 12.9. The number of nitrogens with one attached hydrogen (secondary N) is 2. The highest BCUT2D eigenvalue weighted by Gasteiger charge is 2.19. The van der Waals surface area contributed by atoms with Crippen LogP contribution in [-0.4, -0.2) is 26.1 Å². The van der Waals surface area contributed by atoms with Crippen LogP contribution in [0.25, 0.3) is 0 Å². The third-order valence-electron chi connectivity index (χ3n) is 3.70. The van der Waals surface area contributed by atoms with Crippen LogP contribution in [-0.2, 0) is 6.42 Å². The van der Waals surface area contributed by atoms with E-state index >= 15 is 0 Å². The van der Waals surface area contributed by atoms with Crippen molar-refractivity contribution in [1.82, 2.24) is 10.6 Å². The Balaban J connectivity index is 0.00000242. The topological polar surface area (TPSA) is 36.4 Å². The molecule has 1 aliphatic carbocycles. The Morgan fingerprint density at radius 3 is 2.64 bits per heavy atom. The lowest BCUT2D eigenvalue weighted by Crippen LogP contribution is -2.38. The van der Waals surface area contributed by atoms with Crippen molar-refractivity contribution < 1.29 is 8.78 Å². The Kier molecular flexibility index (Phi) is 8.67. The molecule has 22 heavy (non-hydrogen) atoms. The Morgan fingerprint density at radius 1 is 1.23 bits per heavy atom. The second kappa shape index (κ2) is 9.97. The van der Waals surface area contributed by atoms with E-state index in [0.29, 0.717) is 24.5 Å². The van der Waals surface area contributed by atoms with E-state index in [9.17, 15) is 8.78 Å². The van der Waals surface area contributed by atoms with Crippen molar-refractivity contribution in [2.24, 2.45) is 10.9 Å². The highest BCUT2D eigenvalue weighted by Crippen LogP contribution is 2.33. The lowest BCUT2D eigenvalue weighted by molar-refractivity contribution is 0.582. The van der Waals surface area contributed by atoms with Crippen molar-refractivity contribution in [2.45, 2.75) is 32.1 Å². The van der Waals surface area contributed by atoms with E-state index in [0.717, 1.165) is 31.0 Å². The van der Waals surface area contributed by atoms with Gasteiger partial charge in [-0.25, -0.2) is 8.78 Å². The molecule has 1 fully saturated rings. The number of hydrogen-bond donors (Lipinski definition) is 2. The molecule has 0 aromatic heterocycles. The second-order valence-corrected chi connectivity index (χ2v) is 5.50. The molecule has 1 aromatic rings. The summed E-state index contributed by atoms with van der Waals surface area (Å²) in [6.45, 7) is 1.41. The number of nitrogens with zero attached hydrogens (tertiary/aromatic N) is 1. The first kappa shape index (κ1) is 19.1. The van der Waals surface area contributed by atoms with E-state index in [4.69, 9.17) is 0 Å². The largest absolute Gasteiger partial charge is 0.356 e. The normalized spacial score (nSPS) is 14.4. The van der Waals surface area contributed by atoms with Crippen LogP contribution in [0.4, 0.5) is 8.78 Å². The summed E-state index contributed by atoms with van der Waals surface area (Å²) in [6, 6.07) is 3.53. The maximum absolute atomic E-state index is 13.5. The van der Waals surface area contributed by atoms with Crippen LogP contribution in [0.15, 0.2) is 23.2 Å². The van der Waals surface area contributed by atoms with E-state index < -0.39 is 5.82 Å². The predicted octanol–water partition coefficient (Wildman–Crippen LogP) is 3.48. The van der Waals surface area contributed by atoms with Gasteiger partial charge in [0.15, 0.2) is 5.96 Å². The smallest absolute Gasteiger partial charge is 0.190 e. The van der Waals surface area contributed by atoms with Crippen LogP contribution < -0.4 is 10.6 Å². The lowest BCUT2D eigenvalue weighted by atomic mass is 10.1. The van der Waals surface area contributed by atoms with Crippen LogP contribution in [0.2, 0.25) is 0 Å². The molecule has 0 spiro atoms. The summed E-state index contributed by atoms with van der Waals surface area (Å²) in [4.78, 5) is 4.12. The van der Waals surface area contributed by atoms with Crippen molar-refractivity contribution in [3.63, 3.8) is 0 Å². The minimum absolute atomic E-state index is 0. The number of guanidine groups is 1. The van der Waals surface area contributed by atoms with Gasteiger partial charge in [-0.15, -0.1) is 24.0 Å². The van der Waals surface area contributed by atoms with Gasteiger partial charge in [0.05, 0.1) is 0 Å². The minimum Gasteiger partial charge on any atom is -0.356 e. The maximum atomic E-state index is 13.5. The third-order valence-corrected chi connectivity index (χ3v) is 3.70. The van der Waals surface area contributed by atoms with Crippen LogP contribution in [0.5, 0.6) is 0 Å². The van der Waals surface area contributed by atoms with E-state index in [-0.39, 0.29) is 29.8 Å². The number of hydrogen-bond acceptors (Lipinski definition) is 1. The molecule has 1 aliphatic rings. The molecule has 1 saturated carbocycles. The summed E-state index contributed by atoms with van der Waals surface area (Å²) in [5, 5.41) is 6.35. The Bertz CT molecular complexity index is 490. The molecular formula is C16H24F2IN3. The van der Waals surface area contributed by atoms with Crippen LogP contribution in [0, 0.1) is 17.6 Å². The van der Waals surface area contributed by atoms with Gasteiger partial charge in [0.2, 0.25) is 0 Å². The summed E-state index contributed by atoms with van der Waals surface area (Å²) in [5.41, 5.74) is 0.381. The quantitative estimate of drug-likeness (QED) is 0.305. The minimum atomic E-state index is -0.408. The van der Waals surface area contributed by atoms with E-state index in [1.807, 2.05) is 0 Å². The fourth-order valence-corrected chi connectivity index (χ4v) is 2.28. The van der Waals surface area contributed by atoms with Crippen LogP contribution in [0.3, 0.4) is 0 Å². The van der Waals surface area contributed by atoms with Gasteiger partial charge in [-0.05, 0) is 48.9 Å². The standard InChI is InChI=1S/C16H23F2N3.HI/c1-19-16(20-9-2-3-12-4-5-12)21-10-8-13-11-14(17)6-7-15(13)18;/h6-7,11-12H,2-5,8-10H2,1H3,(H2,19,20,21);1H. The Labute approximate surface area is 148 Å². The summed E-state index contributed by atoms with van der Waals surface area (Å²) in [5.74, 6) is 0.875. The molecule has 0 unspecified atom stereocenters. The summed E-state index contributed by atoms with van der Waals surface area (Å²) in [6.07, 6.45) is 5.60. The Morgan fingerprint density at radius 2 is 1.95 bits per heavy atom. The van der Waals surface area contributed by atoms with Crippen molar-refractivity contribution in [3.8, 4) is 0 Å². The third kappa shape index (κ3) is 6.89. The molecule has 124 valence electrons. The maximum Gasteiger partial charge on any atom is 0.190 e. The number of benzene rings is 1. The van der Waals surface area contributed by atoms with Gasteiger partial charge >= 0.3 is 0 Å². The Hall–Kier alpha value is -0.920. The van der Waals surface area contributed by atoms with Crippen LogP contribution in [0.1, 0.15) is 31.2 Å². The molecule has 0 amide bonds. The molecule has 0 radical (unpaired) electrons. The fraction of sp³-hybridized carbons (Fsp3) is 0.562. The van der Waals surface area contributed by atoms with Crippen LogP contribution >= 0.6 is 24.0 Å². The van der Waals surface area contributed by atoms with Crippen molar-refractivity contribution in [3.05, 3.63) is 35.4 Å². The second-order valence-electron chi connectivity index (χ2n) is 5.50. The van der Waals surface area contributed by atoms with Gasteiger partial charge in [-0.3, -0.25) is 4.99 Å². The van der Waals surface area contributed by atoms with Gasteiger partial charge in [0.1, 0.15) is 11.6 Å². The first-order valence-electron chi connectivity index (χ1n) is 7.57. The molecular weight excluding hydrogens is 399 g/mol.